The molecule has 0 radical (unpaired) electrons. The lowest BCUT2D eigenvalue weighted by Gasteiger charge is -2.14. The highest BCUT2D eigenvalue weighted by Crippen LogP contribution is 2.26. The maximum Gasteiger partial charge on any atom is 0.253 e. The van der Waals surface area contributed by atoms with Gasteiger partial charge in [-0.2, -0.15) is 0 Å². The Morgan fingerprint density at radius 1 is 1.15 bits per heavy atom. The number of fused-ring (bicyclic) bond motifs is 3. The van der Waals surface area contributed by atoms with E-state index in [1.807, 2.05) is 72.3 Å². The second kappa shape index (κ2) is 7.32. The number of anilines is 1. The fourth-order valence-corrected chi connectivity index (χ4v) is 3.96. The molecule has 2 aromatic carbocycles. The lowest BCUT2D eigenvalue weighted by atomic mass is 10.1. The Morgan fingerprint density at radius 3 is 2.78 bits per heavy atom. The van der Waals surface area contributed by atoms with E-state index in [-0.39, 0.29) is 17.1 Å². The Labute approximate surface area is 161 Å². The Balaban J connectivity index is 1.54. The van der Waals surface area contributed by atoms with E-state index in [0.717, 1.165) is 16.3 Å². The summed E-state index contributed by atoms with van der Waals surface area (Å²) in [4.78, 5) is 26.0. The van der Waals surface area contributed by atoms with Crippen LogP contribution in [0.15, 0.2) is 71.8 Å². The summed E-state index contributed by atoms with van der Waals surface area (Å²) in [5.41, 5.74) is 3.00. The van der Waals surface area contributed by atoms with Crippen molar-refractivity contribution in [2.24, 2.45) is 0 Å². The number of carbonyl (C=O) groups excluding carboxylic acids is 2. The molecule has 2 heterocycles. The molecule has 1 aliphatic rings. The van der Waals surface area contributed by atoms with E-state index in [1.165, 1.54) is 11.8 Å². The quantitative estimate of drug-likeness (QED) is 0.679. The zero-order chi connectivity index (χ0) is 18.8. The van der Waals surface area contributed by atoms with Gasteiger partial charge in [-0.15, -0.1) is 11.8 Å². The fourth-order valence-electron chi connectivity index (χ4n) is 3.07. The van der Waals surface area contributed by atoms with Crippen molar-refractivity contribution in [3.8, 4) is 5.69 Å². The molecule has 3 aromatic rings. The van der Waals surface area contributed by atoms with E-state index in [0.29, 0.717) is 17.8 Å². The minimum Gasteiger partial charge on any atom is -0.346 e. The van der Waals surface area contributed by atoms with Crippen LogP contribution in [0.3, 0.4) is 0 Å². The maximum absolute atomic E-state index is 12.6. The number of hydrogen-bond acceptors (Lipinski definition) is 3. The van der Waals surface area contributed by atoms with Gasteiger partial charge >= 0.3 is 0 Å². The zero-order valence-electron chi connectivity index (χ0n) is 14.8. The molecule has 0 aliphatic carbocycles. The lowest BCUT2D eigenvalue weighted by Crippen LogP contribution is -2.23. The highest BCUT2D eigenvalue weighted by atomic mass is 32.2. The lowest BCUT2D eigenvalue weighted by molar-refractivity contribution is -0.115. The minimum atomic E-state index is -0.254. The summed E-state index contributed by atoms with van der Waals surface area (Å²) in [6.07, 6.45) is 1.94. The van der Waals surface area contributed by atoms with E-state index in [2.05, 4.69) is 10.6 Å². The van der Waals surface area contributed by atoms with E-state index in [1.54, 1.807) is 6.07 Å². The molecule has 4 rings (SSSR count). The highest BCUT2D eigenvalue weighted by Gasteiger charge is 2.21. The van der Waals surface area contributed by atoms with E-state index in [9.17, 15) is 9.59 Å². The van der Waals surface area contributed by atoms with Crippen LogP contribution in [0.5, 0.6) is 0 Å². The molecule has 6 heteroatoms. The second-order valence-corrected chi connectivity index (χ2v) is 7.76. The predicted octanol–water partition coefficient (Wildman–Crippen LogP) is 3.84. The maximum atomic E-state index is 12.6. The van der Waals surface area contributed by atoms with Gasteiger partial charge in [0.2, 0.25) is 5.91 Å². The molecule has 5 nitrogen and oxygen atoms in total. The first kappa shape index (κ1) is 17.4. The van der Waals surface area contributed by atoms with Crippen molar-refractivity contribution in [1.82, 2.24) is 9.88 Å². The van der Waals surface area contributed by atoms with Gasteiger partial charge in [0, 0.05) is 22.5 Å². The number of aromatic nitrogens is 1. The first-order chi connectivity index (χ1) is 13.1. The van der Waals surface area contributed by atoms with E-state index in [4.69, 9.17) is 0 Å². The third-order valence-corrected chi connectivity index (χ3v) is 5.57. The molecule has 136 valence electrons. The summed E-state index contributed by atoms with van der Waals surface area (Å²) in [5.74, 6) is -0.240. The molecule has 0 spiro atoms. The molecule has 1 aromatic heterocycles. The van der Waals surface area contributed by atoms with Gasteiger partial charge in [-0.3, -0.25) is 9.59 Å². The van der Waals surface area contributed by atoms with Crippen LogP contribution in [0.25, 0.3) is 5.69 Å². The molecule has 1 atom stereocenters. The van der Waals surface area contributed by atoms with Gasteiger partial charge in [-0.05, 0) is 49.4 Å². The van der Waals surface area contributed by atoms with Gasteiger partial charge in [0.25, 0.3) is 5.91 Å². The Bertz CT molecular complexity index is 998. The SMILES string of the molecule is C[C@@H](Sc1ccccc1)C(=O)Nc1ccc2c(c1)C(=O)NCc1cccn1-2. The molecular formula is C21H19N3O2S. The summed E-state index contributed by atoms with van der Waals surface area (Å²) in [5, 5.41) is 5.57. The minimum absolute atomic E-state index is 0.0977. The number of amides is 2. The van der Waals surface area contributed by atoms with Crippen LogP contribution >= 0.6 is 11.8 Å². The molecular weight excluding hydrogens is 358 g/mol. The van der Waals surface area contributed by atoms with E-state index >= 15 is 0 Å². The van der Waals surface area contributed by atoms with Crippen LogP contribution in [0, 0.1) is 0 Å². The van der Waals surface area contributed by atoms with Crippen LogP contribution in [0.1, 0.15) is 23.0 Å². The van der Waals surface area contributed by atoms with Crippen molar-refractivity contribution in [2.75, 3.05) is 5.32 Å². The van der Waals surface area contributed by atoms with Gasteiger partial charge < -0.3 is 15.2 Å². The summed E-state index contributed by atoms with van der Waals surface area (Å²) in [7, 11) is 0. The zero-order valence-corrected chi connectivity index (χ0v) is 15.6. The Hall–Kier alpha value is -2.99. The van der Waals surface area contributed by atoms with Crippen molar-refractivity contribution in [1.29, 1.82) is 0 Å². The van der Waals surface area contributed by atoms with Crippen LogP contribution in [-0.4, -0.2) is 21.6 Å². The first-order valence-electron chi connectivity index (χ1n) is 8.73. The van der Waals surface area contributed by atoms with Crippen LogP contribution < -0.4 is 10.6 Å². The molecule has 2 amide bonds. The molecule has 0 bridgehead atoms. The summed E-state index contributed by atoms with van der Waals surface area (Å²) < 4.78 is 1.99. The normalized spacial score (nSPS) is 13.7. The van der Waals surface area contributed by atoms with Crippen LogP contribution in [-0.2, 0) is 11.3 Å². The molecule has 1 aliphatic heterocycles. The number of carbonyl (C=O) groups is 2. The fraction of sp³-hybridized carbons (Fsp3) is 0.143. The van der Waals surface area contributed by atoms with Gasteiger partial charge in [0.05, 0.1) is 23.0 Å². The van der Waals surface area contributed by atoms with Crippen LogP contribution in [0.4, 0.5) is 5.69 Å². The standard InChI is InChI=1S/C21H19N3O2S/c1-14(27-17-7-3-2-4-8-17)20(25)23-15-9-10-19-18(12-15)21(26)22-13-16-6-5-11-24(16)19/h2-12,14H,13H2,1H3,(H,22,26)(H,23,25)/t14-/m1/s1. The van der Waals surface area contributed by atoms with Gasteiger partial charge in [0.1, 0.15) is 0 Å². The van der Waals surface area contributed by atoms with Crippen LogP contribution in [0.2, 0.25) is 0 Å². The third-order valence-electron chi connectivity index (χ3n) is 4.46. The molecule has 27 heavy (non-hydrogen) atoms. The van der Waals surface area contributed by atoms with Crippen molar-refractivity contribution in [3.63, 3.8) is 0 Å². The number of nitrogens with zero attached hydrogens (tertiary/aromatic N) is 1. The van der Waals surface area contributed by atoms with E-state index < -0.39 is 0 Å². The summed E-state index contributed by atoms with van der Waals surface area (Å²) in [6, 6.07) is 19.2. The van der Waals surface area contributed by atoms with Crippen molar-refractivity contribution >= 4 is 29.3 Å². The highest BCUT2D eigenvalue weighted by molar-refractivity contribution is 8.00. The summed E-state index contributed by atoms with van der Waals surface area (Å²) >= 11 is 1.50. The van der Waals surface area contributed by atoms with Crippen molar-refractivity contribution in [2.45, 2.75) is 23.6 Å². The molecule has 2 N–H and O–H groups in total. The number of thioether (sulfide) groups is 1. The molecule has 0 saturated heterocycles. The Morgan fingerprint density at radius 2 is 1.96 bits per heavy atom. The number of benzene rings is 2. The third kappa shape index (κ3) is 3.61. The average Bonchev–Trinajstić information content (AvgIpc) is 3.10. The molecule has 0 unspecified atom stereocenters. The van der Waals surface area contributed by atoms with Gasteiger partial charge in [-0.1, -0.05) is 18.2 Å². The van der Waals surface area contributed by atoms with Gasteiger partial charge in [-0.25, -0.2) is 0 Å². The predicted molar refractivity (Wildman–Crippen MR) is 107 cm³/mol. The Kier molecular flexibility index (Phi) is 4.73. The topological polar surface area (TPSA) is 63.1 Å². The molecule has 0 saturated carbocycles. The smallest absolute Gasteiger partial charge is 0.253 e. The monoisotopic (exact) mass is 377 g/mol. The first-order valence-corrected chi connectivity index (χ1v) is 9.61. The van der Waals surface area contributed by atoms with Gasteiger partial charge in [0.15, 0.2) is 0 Å². The number of rotatable bonds is 4. The summed E-state index contributed by atoms with van der Waals surface area (Å²) in [6.45, 7) is 2.35. The number of nitrogens with one attached hydrogen (secondary N) is 2. The average molecular weight is 377 g/mol. The number of hydrogen-bond donors (Lipinski definition) is 2. The van der Waals surface area contributed by atoms with Crippen molar-refractivity contribution < 1.29 is 9.59 Å². The molecule has 0 fully saturated rings. The second-order valence-electron chi connectivity index (χ2n) is 6.35. The van der Waals surface area contributed by atoms with Crippen molar-refractivity contribution in [3.05, 3.63) is 78.1 Å². The largest absolute Gasteiger partial charge is 0.346 e.